The molecule has 0 unspecified atom stereocenters. The Balaban J connectivity index is 1.48. The fraction of sp³-hybridized carbons (Fsp3) is 0.129. The van der Waals surface area contributed by atoms with E-state index in [1.54, 1.807) is 54.5 Å². The Morgan fingerprint density at radius 3 is 2.62 bits per heavy atom. The standard InChI is InChI=1S/C31H23N5O3S/c1-18-24(40-17-33-18)14-13-22-11-7-12-23-26(22)28(37)27(21-9-5-4-6-10-21)29(39-23)20(3)34-31(38)25-19(2)35-36-16-8-15-32-30(25)36/h4-12,15-17,20H,1-3H3,(H,34,38)/t20-/m0/s1. The Hall–Kier alpha value is -5.07. The Morgan fingerprint density at radius 2 is 1.85 bits per heavy atom. The van der Waals surface area contributed by atoms with Crippen molar-refractivity contribution >= 4 is 33.9 Å². The topological polar surface area (TPSA) is 102 Å². The number of nitrogens with one attached hydrogen (secondary N) is 1. The lowest BCUT2D eigenvalue weighted by atomic mass is 9.97. The van der Waals surface area contributed by atoms with E-state index in [0.29, 0.717) is 50.3 Å². The quantitative estimate of drug-likeness (QED) is 0.295. The van der Waals surface area contributed by atoms with Gasteiger partial charge in [-0.15, -0.1) is 11.3 Å². The predicted octanol–water partition coefficient (Wildman–Crippen LogP) is 5.47. The van der Waals surface area contributed by atoms with Gasteiger partial charge >= 0.3 is 0 Å². The first-order valence-electron chi connectivity index (χ1n) is 12.6. The molecule has 0 saturated carbocycles. The van der Waals surface area contributed by atoms with Gasteiger partial charge in [-0.25, -0.2) is 14.5 Å². The summed E-state index contributed by atoms with van der Waals surface area (Å²) >= 11 is 1.45. The highest BCUT2D eigenvalue weighted by Crippen LogP contribution is 2.30. The largest absolute Gasteiger partial charge is 0.458 e. The van der Waals surface area contributed by atoms with Crippen molar-refractivity contribution in [3.63, 3.8) is 0 Å². The molecule has 8 nitrogen and oxygen atoms in total. The summed E-state index contributed by atoms with van der Waals surface area (Å²) in [7, 11) is 0. The third-order valence-corrected chi connectivity index (χ3v) is 7.45. The highest BCUT2D eigenvalue weighted by Gasteiger charge is 2.26. The maximum atomic E-state index is 14.2. The molecule has 2 aromatic carbocycles. The SMILES string of the molecule is Cc1ncsc1C#Cc1cccc2oc([C@H](C)NC(=O)c3c(C)nn4cccnc34)c(-c3ccccc3)c(=O)c12. The smallest absolute Gasteiger partial charge is 0.257 e. The summed E-state index contributed by atoms with van der Waals surface area (Å²) in [6, 6.07) is 15.8. The van der Waals surface area contributed by atoms with Crippen molar-refractivity contribution < 1.29 is 9.21 Å². The van der Waals surface area contributed by atoms with E-state index in [9.17, 15) is 9.59 Å². The second-order valence-corrected chi connectivity index (χ2v) is 10.1. The fourth-order valence-corrected chi connectivity index (χ4v) is 5.34. The molecule has 0 spiro atoms. The molecule has 0 fully saturated rings. The van der Waals surface area contributed by atoms with Gasteiger partial charge in [0.25, 0.3) is 5.91 Å². The first-order chi connectivity index (χ1) is 19.4. The summed E-state index contributed by atoms with van der Waals surface area (Å²) < 4.78 is 7.96. The molecule has 4 aromatic heterocycles. The number of aryl methyl sites for hydroxylation is 2. The third kappa shape index (κ3) is 4.44. The number of amides is 1. The molecule has 0 radical (unpaired) electrons. The molecule has 1 N–H and O–H groups in total. The number of hydrogen-bond acceptors (Lipinski definition) is 7. The molecule has 40 heavy (non-hydrogen) atoms. The van der Waals surface area contributed by atoms with Gasteiger partial charge in [0.2, 0.25) is 5.43 Å². The van der Waals surface area contributed by atoms with Crippen LogP contribution in [0.1, 0.15) is 50.9 Å². The van der Waals surface area contributed by atoms with Crippen molar-refractivity contribution in [3.8, 4) is 23.0 Å². The second-order valence-electron chi connectivity index (χ2n) is 9.28. The van der Waals surface area contributed by atoms with Crippen molar-refractivity contribution in [1.29, 1.82) is 0 Å². The zero-order valence-electron chi connectivity index (χ0n) is 21.9. The zero-order chi connectivity index (χ0) is 27.8. The molecule has 6 rings (SSSR count). The van der Waals surface area contributed by atoms with E-state index >= 15 is 0 Å². The average molecular weight is 546 g/mol. The summed E-state index contributed by atoms with van der Waals surface area (Å²) in [5.74, 6) is 6.28. The Bertz CT molecular complexity index is 2030. The number of carbonyl (C=O) groups is 1. The molecule has 196 valence electrons. The van der Waals surface area contributed by atoms with Gasteiger partial charge < -0.3 is 9.73 Å². The van der Waals surface area contributed by atoms with Gasteiger partial charge in [0.1, 0.15) is 16.9 Å². The summed E-state index contributed by atoms with van der Waals surface area (Å²) in [6.45, 7) is 5.45. The first kappa shape index (κ1) is 25.2. The van der Waals surface area contributed by atoms with Crippen LogP contribution in [0.2, 0.25) is 0 Å². The van der Waals surface area contributed by atoms with Crippen molar-refractivity contribution in [2.75, 3.05) is 0 Å². The molecule has 6 aromatic rings. The molecule has 4 heterocycles. The number of benzene rings is 2. The van der Waals surface area contributed by atoms with E-state index < -0.39 is 6.04 Å². The Kier molecular flexibility index (Phi) is 6.46. The fourth-order valence-electron chi connectivity index (χ4n) is 4.69. The highest BCUT2D eigenvalue weighted by molar-refractivity contribution is 7.10. The predicted molar refractivity (Wildman–Crippen MR) is 154 cm³/mol. The minimum absolute atomic E-state index is 0.219. The first-order valence-corrected chi connectivity index (χ1v) is 13.5. The van der Waals surface area contributed by atoms with Crippen LogP contribution in [-0.2, 0) is 0 Å². The van der Waals surface area contributed by atoms with Crippen LogP contribution in [0.5, 0.6) is 0 Å². The summed E-state index contributed by atoms with van der Waals surface area (Å²) in [6.07, 6.45) is 3.35. The zero-order valence-corrected chi connectivity index (χ0v) is 22.7. The number of carbonyl (C=O) groups excluding carboxylic acids is 1. The minimum atomic E-state index is -0.646. The van der Waals surface area contributed by atoms with Crippen molar-refractivity contribution in [2.45, 2.75) is 26.8 Å². The normalized spacial score (nSPS) is 11.8. The van der Waals surface area contributed by atoms with Crippen LogP contribution in [0, 0.1) is 25.7 Å². The van der Waals surface area contributed by atoms with Gasteiger partial charge in [-0.2, -0.15) is 5.10 Å². The van der Waals surface area contributed by atoms with Crippen molar-refractivity contribution in [3.05, 3.63) is 116 Å². The van der Waals surface area contributed by atoms with Crippen LogP contribution in [-0.4, -0.2) is 25.5 Å². The number of fused-ring (bicyclic) bond motifs is 2. The van der Waals surface area contributed by atoms with Gasteiger partial charge in [0.15, 0.2) is 5.65 Å². The van der Waals surface area contributed by atoms with Crippen LogP contribution < -0.4 is 10.7 Å². The number of nitrogens with zero attached hydrogens (tertiary/aromatic N) is 4. The van der Waals surface area contributed by atoms with E-state index in [-0.39, 0.29) is 11.3 Å². The Morgan fingerprint density at radius 1 is 1.02 bits per heavy atom. The molecule has 0 saturated heterocycles. The van der Waals surface area contributed by atoms with Crippen LogP contribution in [0.3, 0.4) is 0 Å². The van der Waals surface area contributed by atoms with E-state index in [2.05, 4.69) is 32.2 Å². The maximum absolute atomic E-state index is 14.2. The number of aromatic nitrogens is 4. The summed E-state index contributed by atoms with van der Waals surface area (Å²) in [4.78, 5) is 37.0. The molecule has 0 aliphatic heterocycles. The second kappa shape index (κ2) is 10.2. The average Bonchev–Trinajstić information content (AvgIpc) is 3.53. The maximum Gasteiger partial charge on any atom is 0.257 e. The lowest BCUT2D eigenvalue weighted by Crippen LogP contribution is -2.28. The van der Waals surface area contributed by atoms with Gasteiger partial charge in [0, 0.05) is 18.0 Å². The number of hydrogen-bond donors (Lipinski definition) is 1. The summed E-state index contributed by atoms with van der Waals surface area (Å²) in [5.41, 5.74) is 5.75. The van der Waals surface area contributed by atoms with Gasteiger partial charge in [-0.1, -0.05) is 42.3 Å². The van der Waals surface area contributed by atoms with Crippen LogP contribution >= 0.6 is 11.3 Å². The lowest BCUT2D eigenvalue weighted by Gasteiger charge is -2.18. The van der Waals surface area contributed by atoms with Gasteiger partial charge in [0.05, 0.1) is 38.8 Å². The minimum Gasteiger partial charge on any atom is -0.458 e. The monoisotopic (exact) mass is 545 g/mol. The lowest BCUT2D eigenvalue weighted by molar-refractivity contribution is 0.0936. The van der Waals surface area contributed by atoms with Crippen molar-refractivity contribution in [2.24, 2.45) is 0 Å². The van der Waals surface area contributed by atoms with E-state index in [1.807, 2.05) is 43.3 Å². The summed E-state index contributed by atoms with van der Waals surface area (Å²) in [5, 5.41) is 7.78. The van der Waals surface area contributed by atoms with Crippen LogP contribution in [0.25, 0.3) is 27.7 Å². The number of rotatable bonds is 4. The van der Waals surface area contributed by atoms with Gasteiger partial charge in [-0.3, -0.25) is 9.59 Å². The third-order valence-electron chi connectivity index (χ3n) is 6.60. The van der Waals surface area contributed by atoms with Crippen molar-refractivity contribution in [1.82, 2.24) is 24.9 Å². The van der Waals surface area contributed by atoms with E-state index in [1.165, 1.54) is 11.3 Å². The van der Waals surface area contributed by atoms with E-state index in [4.69, 9.17) is 4.42 Å². The molecular formula is C31H23N5O3S. The molecular weight excluding hydrogens is 522 g/mol. The highest BCUT2D eigenvalue weighted by atomic mass is 32.1. The molecule has 0 aliphatic carbocycles. The van der Waals surface area contributed by atoms with E-state index in [0.717, 1.165) is 10.6 Å². The Labute approximate surface area is 233 Å². The molecule has 1 amide bonds. The molecule has 9 heteroatoms. The van der Waals surface area contributed by atoms with Gasteiger partial charge in [-0.05, 0) is 50.5 Å². The number of thiazole rings is 1. The van der Waals surface area contributed by atoms with Crippen LogP contribution in [0.4, 0.5) is 0 Å². The molecule has 1 atom stereocenters. The molecule has 0 bridgehead atoms. The van der Waals surface area contributed by atoms with Crippen LogP contribution in [0.15, 0.2) is 81.7 Å². The molecule has 0 aliphatic rings.